The van der Waals surface area contributed by atoms with Gasteiger partial charge in [0.15, 0.2) is 0 Å². The van der Waals surface area contributed by atoms with Crippen LogP contribution in [0.4, 0.5) is 5.69 Å². The lowest BCUT2D eigenvalue weighted by atomic mass is 10.1. The SMILES string of the molecule is CN(CCNC(=O)CCc1cccc(Cl)c1)c1ccccc1. The number of carbonyl (C=O) groups excluding carboxylic acids is 1. The van der Waals surface area contributed by atoms with E-state index in [0.29, 0.717) is 24.4 Å². The quantitative estimate of drug-likeness (QED) is 0.847. The maximum absolute atomic E-state index is 11.9. The van der Waals surface area contributed by atoms with Gasteiger partial charge in [0.2, 0.25) is 5.91 Å². The maximum Gasteiger partial charge on any atom is 0.220 e. The molecule has 0 radical (unpaired) electrons. The van der Waals surface area contributed by atoms with Gasteiger partial charge in [-0.25, -0.2) is 0 Å². The molecule has 1 amide bonds. The van der Waals surface area contributed by atoms with Crippen molar-refractivity contribution in [2.24, 2.45) is 0 Å². The molecule has 0 fully saturated rings. The van der Waals surface area contributed by atoms with Crippen molar-refractivity contribution < 1.29 is 4.79 Å². The molecule has 0 spiro atoms. The van der Waals surface area contributed by atoms with Crippen molar-refractivity contribution in [1.29, 1.82) is 0 Å². The topological polar surface area (TPSA) is 32.3 Å². The summed E-state index contributed by atoms with van der Waals surface area (Å²) in [4.78, 5) is 14.0. The molecule has 2 aromatic rings. The minimum atomic E-state index is 0.0708. The Bertz CT molecular complexity index is 601. The van der Waals surface area contributed by atoms with Crippen molar-refractivity contribution in [3.8, 4) is 0 Å². The number of nitrogens with one attached hydrogen (secondary N) is 1. The van der Waals surface area contributed by atoms with Gasteiger partial charge in [0.1, 0.15) is 0 Å². The van der Waals surface area contributed by atoms with E-state index in [9.17, 15) is 4.79 Å². The summed E-state index contributed by atoms with van der Waals surface area (Å²) in [6, 6.07) is 17.8. The Morgan fingerprint density at radius 3 is 2.64 bits per heavy atom. The van der Waals surface area contributed by atoms with Crippen LogP contribution in [0.15, 0.2) is 54.6 Å². The molecule has 0 atom stereocenters. The number of rotatable bonds is 7. The number of nitrogens with zero attached hydrogens (tertiary/aromatic N) is 1. The van der Waals surface area contributed by atoms with E-state index in [1.54, 1.807) is 0 Å². The number of likely N-dealkylation sites (N-methyl/N-ethyl adjacent to an activating group) is 1. The fourth-order valence-electron chi connectivity index (χ4n) is 2.21. The molecular formula is C18H21ClN2O. The predicted molar refractivity (Wildman–Crippen MR) is 92.5 cm³/mol. The molecule has 22 heavy (non-hydrogen) atoms. The molecule has 2 rings (SSSR count). The van der Waals surface area contributed by atoms with Crippen molar-refractivity contribution in [3.63, 3.8) is 0 Å². The van der Waals surface area contributed by atoms with Crippen LogP contribution in [0.2, 0.25) is 5.02 Å². The van der Waals surface area contributed by atoms with Crippen molar-refractivity contribution in [2.45, 2.75) is 12.8 Å². The van der Waals surface area contributed by atoms with E-state index < -0.39 is 0 Å². The summed E-state index contributed by atoms with van der Waals surface area (Å²) in [5.74, 6) is 0.0708. The van der Waals surface area contributed by atoms with Gasteiger partial charge < -0.3 is 10.2 Å². The Morgan fingerprint density at radius 1 is 1.14 bits per heavy atom. The second kappa shape index (κ2) is 8.44. The minimum absolute atomic E-state index is 0.0708. The molecule has 116 valence electrons. The van der Waals surface area contributed by atoms with Gasteiger partial charge in [0, 0.05) is 37.3 Å². The van der Waals surface area contributed by atoms with Crippen LogP contribution in [-0.2, 0) is 11.2 Å². The monoisotopic (exact) mass is 316 g/mol. The van der Waals surface area contributed by atoms with Crippen LogP contribution in [-0.4, -0.2) is 26.0 Å². The Balaban J connectivity index is 1.68. The Morgan fingerprint density at radius 2 is 1.91 bits per heavy atom. The van der Waals surface area contributed by atoms with Gasteiger partial charge in [-0.15, -0.1) is 0 Å². The van der Waals surface area contributed by atoms with Gasteiger partial charge in [-0.3, -0.25) is 4.79 Å². The molecule has 0 saturated heterocycles. The summed E-state index contributed by atoms with van der Waals surface area (Å²) in [6.07, 6.45) is 1.19. The van der Waals surface area contributed by atoms with Gasteiger partial charge in [0.05, 0.1) is 0 Å². The molecule has 0 heterocycles. The first-order valence-electron chi connectivity index (χ1n) is 7.42. The lowest BCUT2D eigenvalue weighted by Crippen LogP contribution is -2.33. The maximum atomic E-state index is 11.9. The summed E-state index contributed by atoms with van der Waals surface area (Å²) in [7, 11) is 2.02. The highest BCUT2D eigenvalue weighted by Gasteiger charge is 2.04. The van der Waals surface area contributed by atoms with Crippen molar-refractivity contribution in [3.05, 3.63) is 65.2 Å². The third-order valence-electron chi connectivity index (χ3n) is 3.50. The number of hydrogen-bond donors (Lipinski definition) is 1. The Labute approximate surface area is 136 Å². The van der Waals surface area contributed by atoms with Crippen LogP contribution in [0.5, 0.6) is 0 Å². The highest BCUT2D eigenvalue weighted by Crippen LogP contribution is 2.12. The number of aryl methyl sites for hydroxylation is 1. The summed E-state index contributed by atoms with van der Waals surface area (Å²) in [5.41, 5.74) is 2.24. The third-order valence-corrected chi connectivity index (χ3v) is 3.73. The van der Waals surface area contributed by atoms with E-state index in [1.807, 2.05) is 49.5 Å². The van der Waals surface area contributed by atoms with Crippen LogP contribution < -0.4 is 10.2 Å². The molecule has 0 aliphatic heterocycles. The molecule has 4 heteroatoms. The fourth-order valence-corrected chi connectivity index (χ4v) is 2.43. The minimum Gasteiger partial charge on any atom is -0.373 e. The lowest BCUT2D eigenvalue weighted by molar-refractivity contribution is -0.120. The summed E-state index contributed by atoms with van der Waals surface area (Å²) >= 11 is 5.93. The first kappa shape index (κ1) is 16.4. The predicted octanol–water partition coefficient (Wildman–Crippen LogP) is 3.53. The Hall–Kier alpha value is -2.00. The molecule has 0 bridgehead atoms. The summed E-state index contributed by atoms with van der Waals surface area (Å²) in [6.45, 7) is 1.42. The first-order chi connectivity index (χ1) is 10.6. The zero-order chi connectivity index (χ0) is 15.8. The number of para-hydroxylation sites is 1. The average Bonchev–Trinajstić information content (AvgIpc) is 2.54. The Kier molecular flexibility index (Phi) is 6.28. The van der Waals surface area contributed by atoms with E-state index in [2.05, 4.69) is 22.3 Å². The molecule has 0 saturated carbocycles. The number of halogens is 1. The fraction of sp³-hybridized carbons (Fsp3) is 0.278. The summed E-state index contributed by atoms with van der Waals surface area (Å²) < 4.78 is 0. The molecule has 0 aliphatic carbocycles. The van der Waals surface area contributed by atoms with Gasteiger partial charge in [0.25, 0.3) is 0 Å². The van der Waals surface area contributed by atoms with Gasteiger partial charge >= 0.3 is 0 Å². The summed E-state index contributed by atoms with van der Waals surface area (Å²) in [5, 5.41) is 3.67. The zero-order valence-electron chi connectivity index (χ0n) is 12.8. The highest BCUT2D eigenvalue weighted by molar-refractivity contribution is 6.30. The molecule has 0 aliphatic rings. The molecule has 0 unspecified atom stereocenters. The van der Waals surface area contributed by atoms with Crippen LogP contribution in [0.1, 0.15) is 12.0 Å². The van der Waals surface area contributed by atoms with E-state index in [4.69, 9.17) is 11.6 Å². The van der Waals surface area contributed by atoms with Crippen molar-refractivity contribution in [2.75, 3.05) is 25.0 Å². The zero-order valence-corrected chi connectivity index (χ0v) is 13.5. The molecule has 0 aromatic heterocycles. The van der Waals surface area contributed by atoms with Crippen LogP contribution in [0.3, 0.4) is 0 Å². The molecular weight excluding hydrogens is 296 g/mol. The number of carbonyl (C=O) groups is 1. The highest BCUT2D eigenvalue weighted by atomic mass is 35.5. The van der Waals surface area contributed by atoms with E-state index in [1.165, 1.54) is 0 Å². The van der Waals surface area contributed by atoms with E-state index in [0.717, 1.165) is 17.8 Å². The average molecular weight is 317 g/mol. The van der Waals surface area contributed by atoms with E-state index in [-0.39, 0.29) is 5.91 Å². The van der Waals surface area contributed by atoms with E-state index >= 15 is 0 Å². The number of anilines is 1. The largest absolute Gasteiger partial charge is 0.373 e. The molecule has 2 aromatic carbocycles. The second-order valence-corrected chi connectivity index (χ2v) is 5.67. The van der Waals surface area contributed by atoms with Gasteiger partial charge in [-0.2, -0.15) is 0 Å². The van der Waals surface area contributed by atoms with Crippen molar-refractivity contribution >= 4 is 23.2 Å². The lowest BCUT2D eigenvalue weighted by Gasteiger charge is -2.19. The number of benzene rings is 2. The third kappa shape index (κ3) is 5.41. The van der Waals surface area contributed by atoms with Crippen LogP contribution in [0, 0.1) is 0 Å². The van der Waals surface area contributed by atoms with Gasteiger partial charge in [-0.1, -0.05) is 41.9 Å². The first-order valence-corrected chi connectivity index (χ1v) is 7.80. The molecule has 1 N–H and O–H groups in total. The number of amides is 1. The second-order valence-electron chi connectivity index (χ2n) is 5.24. The van der Waals surface area contributed by atoms with Crippen LogP contribution >= 0.6 is 11.6 Å². The standard InChI is InChI=1S/C18H21ClN2O/c1-21(17-8-3-2-4-9-17)13-12-20-18(22)11-10-15-6-5-7-16(19)14-15/h2-9,14H,10-13H2,1H3,(H,20,22). The van der Waals surface area contributed by atoms with Crippen molar-refractivity contribution in [1.82, 2.24) is 5.32 Å². The smallest absolute Gasteiger partial charge is 0.220 e. The normalized spacial score (nSPS) is 10.3. The van der Waals surface area contributed by atoms with Crippen LogP contribution in [0.25, 0.3) is 0 Å². The molecule has 3 nitrogen and oxygen atoms in total. The van der Waals surface area contributed by atoms with Gasteiger partial charge in [-0.05, 0) is 36.2 Å². The number of hydrogen-bond acceptors (Lipinski definition) is 2.